The highest BCUT2D eigenvalue weighted by Crippen LogP contribution is 2.42. The van der Waals surface area contributed by atoms with E-state index in [1.165, 1.54) is 23.1 Å². The molecule has 1 N–H and O–H groups in total. The Morgan fingerprint density at radius 3 is 2.56 bits per heavy atom. The van der Waals surface area contributed by atoms with Crippen LogP contribution >= 0.6 is 0 Å². The van der Waals surface area contributed by atoms with E-state index in [-0.39, 0.29) is 6.04 Å². The highest BCUT2D eigenvalue weighted by molar-refractivity contribution is 5.84. The van der Waals surface area contributed by atoms with Crippen molar-refractivity contribution in [1.29, 1.82) is 0 Å². The van der Waals surface area contributed by atoms with Crippen LogP contribution in [0.25, 0.3) is 28.1 Å². The van der Waals surface area contributed by atoms with E-state index in [4.69, 9.17) is 4.74 Å². The zero-order chi connectivity index (χ0) is 24.5. The van der Waals surface area contributed by atoms with E-state index in [9.17, 15) is 5.11 Å². The summed E-state index contributed by atoms with van der Waals surface area (Å²) >= 11 is 0. The third kappa shape index (κ3) is 4.43. The highest BCUT2D eigenvalue weighted by atomic mass is 16.5. The Labute approximate surface area is 212 Å². The molecule has 7 rings (SSSR count). The Balaban J connectivity index is 1.16. The third-order valence-corrected chi connectivity index (χ3v) is 8.07. The SMILES string of the molecule is COc1ccc2nccc([C@H](O)[C@@H]3C[C@@H]4CCN3C[C@@H]4/C=C/c3ccc(-c4ccccc4)cc3)c2c1. The second-order valence-corrected chi connectivity index (χ2v) is 10.1. The van der Waals surface area contributed by atoms with Crippen LogP contribution in [0.15, 0.2) is 91.1 Å². The molecule has 182 valence electrons. The molecule has 0 aliphatic carbocycles. The molecular weight excluding hydrogens is 444 g/mol. The maximum Gasteiger partial charge on any atom is 0.119 e. The lowest BCUT2D eigenvalue weighted by molar-refractivity contribution is -0.0444. The van der Waals surface area contributed by atoms with Crippen molar-refractivity contribution in [3.8, 4) is 16.9 Å². The number of hydrogen-bond donors (Lipinski definition) is 1. The van der Waals surface area contributed by atoms with Crippen molar-refractivity contribution in [3.63, 3.8) is 0 Å². The lowest BCUT2D eigenvalue weighted by Crippen LogP contribution is -2.54. The summed E-state index contributed by atoms with van der Waals surface area (Å²) in [6.07, 6.45) is 8.13. The van der Waals surface area contributed by atoms with Gasteiger partial charge >= 0.3 is 0 Å². The summed E-state index contributed by atoms with van der Waals surface area (Å²) in [5.41, 5.74) is 5.56. The largest absolute Gasteiger partial charge is 0.497 e. The highest BCUT2D eigenvalue weighted by Gasteiger charge is 2.42. The van der Waals surface area contributed by atoms with E-state index in [2.05, 4.69) is 76.6 Å². The number of aromatic nitrogens is 1. The Kier molecular flexibility index (Phi) is 6.30. The first-order valence-electron chi connectivity index (χ1n) is 12.9. The average molecular weight is 477 g/mol. The summed E-state index contributed by atoms with van der Waals surface area (Å²) in [6.45, 7) is 2.05. The van der Waals surface area contributed by atoms with Crippen molar-refractivity contribution in [3.05, 3.63) is 102 Å². The van der Waals surface area contributed by atoms with Crippen LogP contribution in [0, 0.1) is 11.8 Å². The zero-order valence-electron chi connectivity index (χ0n) is 20.6. The molecule has 1 unspecified atom stereocenters. The van der Waals surface area contributed by atoms with Crippen LogP contribution in [0.2, 0.25) is 0 Å². The fourth-order valence-electron chi connectivity index (χ4n) is 6.05. The van der Waals surface area contributed by atoms with Crippen LogP contribution in [0.5, 0.6) is 5.75 Å². The Hall–Kier alpha value is -3.47. The van der Waals surface area contributed by atoms with Crippen molar-refractivity contribution in [2.24, 2.45) is 11.8 Å². The van der Waals surface area contributed by atoms with E-state index in [1.807, 2.05) is 24.3 Å². The Morgan fingerprint density at radius 2 is 1.81 bits per heavy atom. The Morgan fingerprint density at radius 1 is 1.00 bits per heavy atom. The maximum absolute atomic E-state index is 11.5. The molecule has 0 saturated carbocycles. The van der Waals surface area contributed by atoms with Crippen LogP contribution in [0.3, 0.4) is 0 Å². The molecule has 1 aromatic heterocycles. The van der Waals surface area contributed by atoms with Gasteiger partial charge in [-0.15, -0.1) is 0 Å². The number of hydrogen-bond acceptors (Lipinski definition) is 4. The van der Waals surface area contributed by atoms with Crippen LogP contribution in [0.1, 0.15) is 30.1 Å². The van der Waals surface area contributed by atoms with Crippen LogP contribution in [0.4, 0.5) is 0 Å². The van der Waals surface area contributed by atoms with Gasteiger partial charge in [-0.05, 0) is 77.7 Å². The second-order valence-electron chi connectivity index (χ2n) is 10.1. The molecule has 2 bridgehead atoms. The molecule has 4 heterocycles. The number of ether oxygens (including phenoxy) is 1. The van der Waals surface area contributed by atoms with Crippen molar-refractivity contribution in [1.82, 2.24) is 9.88 Å². The van der Waals surface area contributed by atoms with Gasteiger partial charge in [-0.1, -0.05) is 66.7 Å². The number of piperidine rings is 3. The van der Waals surface area contributed by atoms with E-state index in [0.29, 0.717) is 11.8 Å². The second kappa shape index (κ2) is 9.88. The number of rotatable bonds is 6. The standard InChI is InChI=1S/C32H32N2O2/c1-36-27-13-14-30-29(20-27)28(15-17-33-30)32(35)31-19-25-16-18-34(31)21-26(25)12-9-22-7-10-24(11-8-22)23-5-3-2-4-6-23/h2-15,17,20,25-26,31-32,35H,16,18-19,21H2,1H3/b12-9+/t25-,26-,31-,32-/m0/s1. The van der Waals surface area contributed by atoms with Gasteiger partial charge in [0.2, 0.25) is 0 Å². The molecule has 3 aliphatic rings. The van der Waals surface area contributed by atoms with Crippen molar-refractivity contribution in [2.75, 3.05) is 20.2 Å². The summed E-state index contributed by atoms with van der Waals surface area (Å²) in [7, 11) is 1.67. The molecule has 3 saturated heterocycles. The minimum Gasteiger partial charge on any atom is -0.497 e. The topological polar surface area (TPSA) is 45.6 Å². The summed E-state index contributed by atoms with van der Waals surface area (Å²) in [6, 6.07) is 27.3. The smallest absolute Gasteiger partial charge is 0.119 e. The van der Waals surface area contributed by atoms with Gasteiger partial charge in [-0.25, -0.2) is 0 Å². The predicted molar refractivity (Wildman–Crippen MR) is 146 cm³/mol. The molecule has 5 atom stereocenters. The first kappa shape index (κ1) is 23.0. The lowest BCUT2D eigenvalue weighted by atomic mass is 9.73. The summed E-state index contributed by atoms with van der Waals surface area (Å²) in [4.78, 5) is 6.98. The van der Waals surface area contributed by atoms with Gasteiger partial charge in [-0.2, -0.15) is 0 Å². The van der Waals surface area contributed by atoms with Crippen LogP contribution < -0.4 is 4.74 Å². The summed E-state index contributed by atoms with van der Waals surface area (Å²) in [5, 5.41) is 12.5. The molecule has 4 nitrogen and oxygen atoms in total. The molecular formula is C32H32N2O2. The minimum absolute atomic E-state index is 0.135. The maximum atomic E-state index is 11.5. The molecule has 0 spiro atoms. The van der Waals surface area contributed by atoms with Gasteiger partial charge in [0.15, 0.2) is 0 Å². The summed E-state index contributed by atoms with van der Waals surface area (Å²) < 4.78 is 5.43. The molecule has 4 aromatic rings. The fraction of sp³-hybridized carbons (Fsp3) is 0.281. The monoisotopic (exact) mass is 476 g/mol. The van der Waals surface area contributed by atoms with E-state index < -0.39 is 6.10 Å². The first-order valence-corrected chi connectivity index (χ1v) is 12.9. The van der Waals surface area contributed by atoms with E-state index >= 15 is 0 Å². The number of pyridine rings is 1. The van der Waals surface area contributed by atoms with Gasteiger partial charge in [0.1, 0.15) is 5.75 Å². The fourth-order valence-corrected chi connectivity index (χ4v) is 6.05. The number of benzene rings is 3. The molecule has 0 radical (unpaired) electrons. The predicted octanol–water partition coefficient (Wildman–Crippen LogP) is 6.37. The van der Waals surface area contributed by atoms with Crippen LogP contribution in [-0.2, 0) is 0 Å². The third-order valence-electron chi connectivity index (χ3n) is 8.07. The van der Waals surface area contributed by atoms with Gasteiger partial charge in [0.05, 0.1) is 18.7 Å². The van der Waals surface area contributed by atoms with Gasteiger partial charge in [0, 0.05) is 24.2 Å². The van der Waals surface area contributed by atoms with Crippen molar-refractivity contribution < 1.29 is 9.84 Å². The van der Waals surface area contributed by atoms with E-state index in [1.54, 1.807) is 13.3 Å². The van der Waals surface area contributed by atoms with Gasteiger partial charge in [0.25, 0.3) is 0 Å². The molecule has 4 heteroatoms. The number of fused-ring (bicyclic) bond motifs is 4. The molecule has 3 fully saturated rings. The van der Waals surface area contributed by atoms with Crippen molar-refractivity contribution >= 4 is 17.0 Å². The number of aliphatic hydroxyl groups excluding tert-OH is 1. The molecule has 0 amide bonds. The number of nitrogens with zero attached hydrogens (tertiary/aromatic N) is 2. The lowest BCUT2D eigenvalue weighted by Gasteiger charge is -2.50. The molecule has 36 heavy (non-hydrogen) atoms. The Bertz CT molecular complexity index is 1370. The van der Waals surface area contributed by atoms with Gasteiger partial charge in [-0.3, -0.25) is 9.88 Å². The quantitative estimate of drug-likeness (QED) is 0.351. The van der Waals surface area contributed by atoms with Gasteiger partial charge < -0.3 is 9.84 Å². The average Bonchev–Trinajstić information content (AvgIpc) is 2.96. The summed E-state index contributed by atoms with van der Waals surface area (Å²) in [5.74, 6) is 1.90. The van der Waals surface area contributed by atoms with Crippen molar-refractivity contribution in [2.45, 2.75) is 25.0 Å². The van der Waals surface area contributed by atoms with E-state index in [0.717, 1.165) is 41.7 Å². The minimum atomic E-state index is -0.541. The molecule has 3 aromatic carbocycles. The zero-order valence-corrected chi connectivity index (χ0v) is 20.6. The van der Waals surface area contributed by atoms with Crippen LogP contribution in [-0.4, -0.2) is 41.2 Å². The number of aliphatic hydroxyl groups is 1. The normalized spacial score (nSPS) is 24.3. The molecule has 3 aliphatic heterocycles. The number of methoxy groups -OCH3 is 1. The first-order chi connectivity index (χ1) is 17.7.